The zero-order valence-electron chi connectivity index (χ0n) is 8.39. The highest BCUT2D eigenvalue weighted by Crippen LogP contribution is 2.08. The van der Waals surface area contributed by atoms with Crippen LogP contribution in [0.15, 0.2) is 0 Å². The van der Waals surface area contributed by atoms with E-state index < -0.39 is 9.04 Å². The highest BCUT2D eigenvalue weighted by Gasteiger charge is 2.08. The van der Waals surface area contributed by atoms with Crippen molar-refractivity contribution in [3.05, 3.63) is 0 Å². The summed E-state index contributed by atoms with van der Waals surface area (Å²) in [6.07, 6.45) is 3.86. The summed E-state index contributed by atoms with van der Waals surface area (Å²) in [5, 5.41) is 0. The van der Waals surface area contributed by atoms with Gasteiger partial charge in [0.15, 0.2) is 9.04 Å². The lowest BCUT2D eigenvalue weighted by atomic mass is 10.3. The van der Waals surface area contributed by atoms with Crippen LogP contribution in [0.4, 0.5) is 0 Å². The Balaban J connectivity index is 3.10. The monoisotopic (exact) mass is 174 g/mol. The molecular formula is C9H22OSi. The minimum atomic E-state index is -0.818. The molecule has 0 aromatic rings. The third-order valence-corrected chi connectivity index (χ3v) is 4.71. The van der Waals surface area contributed by atoms with Gasteiger partial charge < -0.3 is 4.43 Å². The largest absolute Gasteiger partial charge is 0.420 e. The molecule has 0 aromatic carbocycles. The first kappa shape index (κ1) is 11.2. The predicted molar refractivity (Wildman–Crippen MR) is 53.6 cm³/mol. The van der Waals surface area contributed by atoms with Crippen LogP contribution in [0.5, 0.6) is 0 Å². The molecule has 1 nitrogen and oxygen atoms in total. The minimum absolute atomic E-state index is 0.789. The first-order valence-corrected chi connectivity index (χ1v) is 7.09. The van der Waals surface area contributed by atoms with Crippen LogP contribution in [0.2, 0.25) is 12.1 Å². The molecule has 0 rings (SSSR count). The normalized spacial score (nSPS) is 13.9. The van der Waals surface area contributed by atoms with E-state index in [1.165, 1.54) is 19.3 Å². The molecule has 1 unspecified atom stereocenters. The van der Waals surface area contributed by atoms with Crippen molar-refractivity contribution in [3.63, 3.8) is 0 Å². The number of hydrogen-bond donors (Lipinski definition) is 0. The van der Waals surface area contributed by atoms with Crippen molar-refractivity contribution in [1.29, 1.82) is 0 Å². The number of hydrogen-bond acceptors (Lipinski definition) is 1. The highest BCUT2D eigenvalue weighted by molar-refractivity contribution is 6.51. The van der Waals surface area contributed by atoms with E-state index in [0.717, 1.165) is 12.1 Å². The Morgan fingerprint density at radius 2 is 1.91 bits per heavy atom. The Labute approximate surface area is 72.9 Å². The molecule has 1 atom stereocenters. The third kappa shape index (κ3) is 6.57. The van der Waals surface area contributed by atoms with Crippen LogP contribution < -0.4 is 0 Å². The maximum Gasteiger partial charge on any atom is 0.176 e. The zero-order valence-corrected chi connectivity index (χ0v) is 9.55. The molecule has 0 aliphatic rings. The average molecular weight is 174 g/mol. The van der Waals surface area contributed by atoms with Gasteiger partial charge in [-0.2, -0.15) is 0 Å². The lowest BCUT2D eigenvalue weighted by Gasteiger charge is -2.14. The lowest BCUT2D eigenvalue weighted by Crippen LogP contribution is -2.17. The van der Waals surface area contributed by atoms with E-state index in [2.05, 4.69) is 27.3 Å². The van der Waals surface area contributed by atoms with Crippen molar-refractivity contribution in [2.24, 2.45) is 0 Å². The molecule has 0 bridgehead atoms. The van der Waals surface area contributed by atoms with Crippen molar-refractivity contribution < 1.29 is 4.43 Å². The van der Waals surface area contributed by atoms with E-state index >= 15 is 0 Å². The van der Waals surface area contributed by atoms with Gasteiger partial charge in [-0.05, 0) is 18.5 Å². The lowest BCUT2D eigenvalue weighted by molar-refractivity contribution is 0.305. The van der Waals surface area contributed by atoms with Gasteiger partial charge in [0.25, 0.3) is 0 Å². The molecule has 0 amide bonds. The molecule has 0 aromatic heterocycles. The van der Waals surface area contributed by atoms with Gasteiger partial charge in [0.1, 0.15) is 0 Å². The van der Waals surface area contributed by atoms with Crippen LogP contribution in [0.1, 0.15) is 40.0 Å². The second-order valence-electron chi connectivity index (χ2n) is 3.53. The first-order valence-electron chi connectivity index (χ1n) is 4.80. The molecule has 0 saturated carbocycles. The van der Waals surface area contributed by atoms with Gasteiger partial charge in [-0.1, -0.05) is 33.6 Å². The molecule has 0 N–H and O–H groups in total. The van der Waals surface area contributed by atoms with E-state index in [1.807, 2.05) is 0 Å². The summed E-state index contributed by atoms with van der Waals surface area (Å²) in [7, 11) is -0.818. The Hall–Kier alpha value is 0.177. The maximum absolute atomic E-state index is 5.74. The molecule has 2 heteroatoms. The maximum atomic E-state index is 5.74. The molecule has 0 saturated heterocycles. The third-order valence-electron chi connectivity index (χ3n) is 2.07. The van der Waals surface area contributed by atoms with Crippen LogP contribution >= 0.6 is 0 Å². The molecule has 0 heterocycles. The highest BCUT2D eigenvalue weighted by atomic mass is 28.3. The smallest absolute Gasteiger partial charge is 0.176 e. The number of rotatable bonds is 6. The molecule has 11 heavy (non-hydrogen) atoms. The van der Waals surface area contributed by atoms with Gasteiger partial charge in [0.05, 0.1) is 0 Å². The van der Waals surface area contributed by atoms with E-state index in [-0.39, 0.29) is 0 Å². The predicted octanol–water partition coefficient (Wildman–Crippen LogP) is 2.96. The van der Waals surface area contributed by atoms with Gasteiger partial charge >= 0.3 is 0 Å². The summed E-state index contributed by atoms with van der Waals surface area (Å²) in [6.45, 7) is 10.0. The molecule has 0 aliphatic carbocycles. The summed E-state index contributed by atoms with van der Waals surface area (Å²) in [5.41, 5.74) is 0.789. The fourth-order valence-electron chi connectivity index (χ4n) is 0.814. The number of unbranched alkanes of at least 4 members (excludes halogenated alkanes) is 2. The van der Waals surface area contributed by atoms with Gasteiger partial charge in [0.2, 0.25) is 0 Å². The zero-order chi connectivity index (χ0) is 8.69. The van der Waals surface area contributed by atoms with Crippen LogP contribution in [-0.2, 0) is 4.43 Å². The fourth-order valence-corrected chi connectivity index (χ4v) is 1.74. The second-order valence-corrected chi connectivity index (χ2v) is 6.60. The molecule has 0 aliphatic heterocycles. The average Bonchev–Trinajstić information content (AvgIpc) is 1.97. The van der Waals surface area contributed by atoms with Gasteiger partial charge in [-0.3, -0.25) is 0 Å². The molecular weight excluding hydrogens is 152 g/mol. The molecule has 0 radical (unpaired) electrons. The summed E-state index contributed by atoms with van der Waals surface area (Å²) < 4.78 is 5.74. The summed E-state index contributed by atoms with van der Waals surface area (Å²) >= 11 is 0. The Bertz CT molecular complexity index is 83.6. The van der Waals surface area contributed by atoms with Crippen LogP contribution in [0, 0.1) is 0 Å². The van der Waals surface area contributed by atoms with Crippen molar-refractivity contribution in [2.45, 2.75) is 52.1 Å². The Morgan fingerprint density at radius 3 is 2.36 bits per heavy atom. The van der Waals surface area contributed by atoms with Crippen LogP contribution in [0.3, 0.4) is 0 Å². The van der Waals surface area contributed by atoms with E-state index in [9.17, 15) is 0 Å². The summed E-state index contributed by atoms with van der Waals surface area (Å²) in [5.74, 6) is 0. The van der Waals surface area contributed by atoms with Crippen molar-refractivity contribution in [1.82, 2.24) is 0 Å². The van der Waals surface area contributed by atoms with Gasteiger partial charge in [-0.25, -0.2) is 0 Å². The van der Waals surface area contributed by atoms with Crippen molar-refractivity contribution in [2.75, 3.05) is 6.61 Å². The van der Waals surface area contributed by atoms with Gasteiger partial charge in [0, 0.05) is 6.61 Å². The topological polar surface area (TPSA) is 9.23 Å². The summed E-state index contributed by atoms with van der Waals surface area (Å²) in [6, 6.07) is 0. The van der Waals surface area contributed by atoms with E-state index in [0.29, 0.717) is 0 Å². The SMILES string of the molecule is CCCCCO[SiH](C)C(C)C. The quantitative estimate of drug-likeness (QED) is 0.444. The Morgan fingerprint density at radius 1 is 1.27 bits per heavy atom. The fraction of sp³-hybridized carbons (Fsp3) is 1.00. The second kappa shape index (κ2) is 6.86. The van der Waals surface area contributed by atoms with Crippen LogP contribution in [0.25, 0.3) is 0 Å². The van der Waals surface area contributed by atoms with E-state index in [4.69, 9.17) is 4.43 Å². The molecule has 68 valence electrons. The van der Waals surface area contributed by atoms with Gasteiger partial charge in [-0.15, -0.1) is 0 Å². The first-order chi connectivity index (χ1) is 5.18. The molecule has 0 spiro atoms. The van der Waals surface area contributed by atoms with Crippen molar-refractivity contribution in [3.8, 4) is 0 Å². The van der Waals surface area contributed by atoms with Crippen LogP contribution in [-0.4, -0.2) is 15.6 Å². The standard InChI is InChI=1S/C9H22OSi/c1-5-6-7-8-10-11(4)9(2)3/h9,11H,5-8H2,1-4H3. The van der Waals surface area contributed by atoms with E-state index in [1.54, 1.807) is 0 Å². The Kier molecular flexibility index (Phi) is 6.97. The molecule has 0 fully saturated rings. The van der Waals surface area contributed by atoms with Crippen molar-refractivity contribution >= 4 is 9.04 Å². The summed E-state index contributed by atoms with van der Waals surface area (Å²) in [4.78, 5) is 0. The minimum Gasteiger partial charge on any atom is -0.420 e.